The molecule has 0 bridgehead atoms. The summed E-state index contributed by atoms with van der Waals surface area (Å²) in [5, 5.41) is 4.13. The van der Waals surface area contributed by atoms with Crippen molar-refractivity contribution in [3.05, 3.63) is 46.8 Å². The molecule has 0 radical (unpaired) electrons. The zero-order valence-electron chi connectivity index (χ0n) is 15.7. The molecule has 0 amide bonds. The number of aryl methyl sites for hydroxylation is 3. The van der Waals surface area contributed by atoms with Gasteiger partial charge in [-0.2, -0.15) is 9.50 Å². The van der Waals surface area contributed by atoms with Gasteiger partial charge in [0, 0.05) is 17.8 Å². The van der Waals surface area contributed by atoms with Crippen LogP contribution in [0.1, 0.15) is 28.9 Å². The number of nitrogens with two attached hydrogens (primary N) is 1. The lowest BCUT2D eigenvalue weighted by Gasteiger charge is -2.11. The molecular weight excluding hydrogens is 346 g/mol. The van der Waals surface area contributed by atoms with Crippen molar-refractivity contribution in [1.82, 2.24) is 19.6 Å². The molecule has 0 spiro atoms. The fourth-order valence-electron chi connectivity index (χ4n) is 2.91. The van der Waals surface area contributed by atoms with Crippen molar-refractivity contribution in [2.75, 3.05) is 18.9 Å². The van der Waals surface area contributed by atoms with Gasteiger partial charge >= 0.3 is 5.97 Å². The van der Waals surface area contributed by atoms with Crippen LogP contribution in [0.4, 0.5) is 5.95 Å². The minimum absolute atomic E-state index is 0.176. The van der Waals surface area contributed by atoms with E-state index < -0.39 is 0 Å². The van der Waals surface area contributed by atoms with E-state index in [-0.39, 0.29) is 24.9 Å². The lowest BCUT2D eigenvalue weighted by atomic mass is 10.1. The van der Waals surface area contributed by atoms with Crippen molar-refractivity contribution >= 4 is 17.7 Å². The Morgan fingerprint density at radius 3 is 2.70 bits per heavy atom. The number of hydrogen-bond donors (Lipinski definition) is 1. The third-order valence-electron chi connectivity index (χ3n) is 4.34. The number of nitrogen functional groups attached to an aromatic ring is 1. The number of ether oxygens (including phenoxy) is 2. The molecule has 27 heavy (non-hydrogen) atoms. The largest absolute Gasteiger partial charge is 0.490 e. The molecule has 8 heteroatoms. The molecule has 2 heterocycles. The van der Waals surface area contributed by atoms with Crippen molar-refractivity contribution in [1.29, 1.82) is 0 Å². The summed E-state index contributed by atoms with van der Waals surface area (Å²) < 4.78 is 12.5. The van der Waals surface area contributed by atoms with Crippen LogP contribution in [-0.2, 0) is 16.0 Å². The lowest BCUT2D eigenvalue weighted by molar-refractivity contribution is -0.144. The third kappa shape index (κ3) is 4.33. The number of carbonyl (C=O) groups is 1. The molecule has 0 atom stereocenters. The van der Waals surface area contributed by atoms with Gasteiger partial charge in [-0.1, -0.05) is 18.2 Å². The molecule has 0 saturated carbocycles. The first-order valence-electron chi connectivity index (χ1n) is 8.78. The number of fused-ring (bicyclic) bond motifs is 1. The molecule has 8 nitrogen and oxygen atoms in total. The first-order valence-corrected chi connectivity index (χ1v) is 8.78. The molecule has 0 aliphatic carbocycles. The predicted molar refractivity (Wildman–Crippen MR) is 101 cm³/mol. The van der Waals surface area contributed by atoms with E-state index in [0.29, 0.717) is 18.8 Å². The quantitative estimate of drug-likeness (QED) is 0.503. The Hall–Kier alpha value is -3.16. The summed E-state index contributed by atoms with van der Waals surface area (Å²) in [6, 6.07) is 7.72. The fourth-order valence-corrected chi connectivity index (χ4v) is 2.91. The summed E-state index contributed by atoms with van der Waals surface area (Å²) in [7, 11) is 0. The van der Waals surface area contributed by atoms with E-state index in [4.69, 9.17) is 15.2 Å². The average Bonchev–Trinajstić information content (AvgIpc) is 3.00. The van der Waals surface area contributed by atoms with E-state index in [1.807, 2.05) is 45.0 Å². The normalized spacial score (nSPS) is 10.9. The van der Waals surface area contributed by atoms with Crippen LogP contribution < -0.4 is 10.5 Å². The Bertz CT molecular complexity index is 967. The number of carbonyl (C=O) groups excluding carboxylic acids is 1. The second-order valence-electron chi connectivity index (χ2n) is 6.28. The number of anilines is 1. The standard InChI is InChI=1S/C19H23N5O3/c1-12-6-4-5-7-16(12)26-10-11-27-17(25)9-8-15-13(2)21-19-22-18(20)23-24(19)14(15)3/h4-7H,8-11H2,1-3H3,(H2,20,23). The molecule has 2 aromatic heterocycles. The van der Waals surface area contributed by atoms with Crippen LogP contribution in [0.3, 0.4) is 0 Å². The van der Waals surface area contributed by atoms with E-state index >= 15 is 0 Å². The van der Waals surface area contributed by atoms with E-state index in [0.717, 1.165) is 28.3 Å². The Kier molecular flexibility index (Phi) is 5.54. The SMILES string of the molecule is Cc1ccccc1OCCOC(=O)CCc1c(C)nc2nc(N)nn2c1C. The second kappa shape index (κ2) is 8.03. The van der Waals surface area contributed by atoms with Gasteiger partial charge in [-0.25, -0.2) is 4.98 Å². The number of nitrogens with zero attached hydrogens (tertiary/aromatic N) is 4. The van der Waals surface area contributed by atoms with Crippen LogP contribution >= 0.6 is 0 Å². The van der Waals surface area contributed by atoms with Crippen molar-refractivity contribution in [2.24, 2.45) is 0 Å². The number of esters is 1. The first-order chi connectivity index (χ1) is 13.0. The number of aromatic nitrogens is 4. The van der Waals surface area contributed by atoms with Gasteiger partial charge in [-0.15, -0.1) is 5.10 Å². The maximum Gasteiger partial charge on any atom is 0.306 e. The number of para-hydroxylation sites is 1. The monoisotopic (exact) mass is 369 g/mol. The van der Waals surface area contributed by atoms with Crippen LogP contribution in [-0.4, -0.2) is 38.8 Å². The molecule has 2 N–H and O–H groups in total. The minimum atomic E-state index is -0.277. The van der Waals surface area contributed by atoms with Crippen LogP contribution in [0.5, 0.6) is 5.75 Å². The minimum Gasteiger partial charge on any atom is -0.490 e. The summed E-state index contributed by atoms with van der Waals surface area (Å²) in [5.41, 5.74) is 9.31. The molecule has 0 fully saturated rings. The van der Waals surface area contributed by atoms with Crippen molar-refractivity contribution in [2.45, 2.75) is 33.6 Å². The molecule has 3 aromatic rings. The molecule has 3 rings (SSSR count). The van der Waals surface area contributed by atoms with Gasteiger partial charge in [0.25, 0.3) is 5.78 Å². The predicted octanol–water partition coefficient (Wildman–Crippen LogP) is 2.19. The van der Waals surface area contributed by atoms with Gasteiger partial charge in [-0.05, 0) is 44.4 Å². The summed E-state index contributed by atoms with van der Waals surface area (Å²) in [6.45, 7) is 6.29. The molecule has 1 aromatic carbocycles. The summed E-state index contributed by atoms with van der Waals surface area (Å²) >= 11 is 0. The van der Waals surface area contributed by atoms with Crippen LogP contribution in [0.15, 0.2) is 24.3 Å². The zero-order valence-corrected chi connectivity index (χ0v) is 15.7. The third-order valence-corrected chi connectivity index (χ3v) is 4.34. The molecule has 0 unspecified atom stereocenters. The van der Waals surface area contributed by atoms with Crippen molar-refractivity contribution < 1.29 is 14.3 Å². The highest BCUT2D eigenvalue weighted by Crippen LogP contribution is 2.17. The number of rotatable bonds is 7. The Labute approximate surface area is 157 Å². The van der Waals surface area contributed by atoms with E-state index in [1.54, 1.807) is 4.52 Å². The molecule has 0 aliphatic heterocycles. The van der Waals surface area contributed by atoms with Gasteiger partial charge in [0.15, 0.2) is 0 Å². The maximum atomic E-state index is 12.0. The maximum absolute atomic E-state index is 12.0. The van der Waals surface area contributed by atoms with E-state index in [9.17, 15) is 4.79 Å². The summed E-state index contributed by atoms with van der Waals surface area (Å²) in [4.78, 5) is 20.5. The zero-order chi connectivity index (χ0) is 19.4. The number of hydrogen-bond acceptors (Lipinski definition) is 7. The van der Waals surface area contributed by atoms with Crippen LogP contribution in [0.25, 0.3) is 5.78 Å². The molecular formula is C19H23N5O3. The van der Waals surface area contributed by atoms with E-state index in [2.05, 4.69) is 15.1 Å². The average molecular weight is 369 g/mol. The Balaban J connectivity index is 1.51. The fraction of sp³-hybridized carbons (Fsp3) is 0.368. The first kappa shape index (κ1) is 18.6. The summed E-state index contributed by atoms with van der Waals surface area (Å²) in [6.07, 6.45) is 0.765. The van der Waals surface area contributed by atoms with Gasteiger partial charge in [0.2, 0.25) is 5.95 Å². The van der Waals surface area contributed by atoms with Crippen LogP contribution in [0.2, 0.25) is 0 Å². The molecule has 142 valence electrons. The van der Waals surface area contributed by atoms with Gasteiger partial charge in [0.05, 0.1) is 0 Å². The highest BCUT2D eigenvalue weighted by atomic mass is 16.6. The second-order valence-corrected chi connectivity index (χ2v) is 6.28. The van der Waals surface area contributed by atoms with Gasteiger partial charge < -0.3 is 15.2 Å². The van der Waals surface area contributed by atoms with E-state index in [1.165, 1.54) is 0 Å². The Morgan fingerprint density at radius 2 is 1.93 bits per heavy atom. The number of benzene rings is 1. The van der Waals surface area contributed by atoms with Gasteiger partial charge in [0.1, 0.15) is 19.0 Å². The lowest BCUT2D eigenvalue weighted by Crippen LogP contribution is -2.14. The topological polar surface area (TPSA) is 105 Å². The molecule has 0 aliphatic rings. The molecule has 0 saturated heterocycles. The van der Waals surface area contributed by atoms with Crippen molar-refractivity contribution in [3.63, 3.8) is 0 Å². The summed E-state index contributed by atoms with van der Waals surface area (Å²) in [5.74, 6) is 1.16. The van der Waals surface area contributed by atoms with Crippen molar-refractivity contribution in [3.8, 4) is 5.75 Å². The van der Waals surface area contributed by atoms with Gasteiger partial charge in [-0.3, -0.25) is 4.79 Å². The highest BCUT2D eigenvalue weighted by molar-refractivity contribution is 5.69. The smallest absolute Gasteiger partial charge is 0.306 e. The Morgan fingerprint density at radius 1 is 1.15 bits per heavy atom. The van der Waals surface area contributed by atoms with Crippen LogP contribution in [0, 0.1) is 20.8 Å². The highest BCUT2D eigenvalue weighted by Gasteiger charge is 2.14.